The molecular weight excluding hydrogens is 420 g/mol. The van der Waals surface area contributed by atoms with E-state index in [0.29, 0.717) is 17.1 Å². The van der Waals surface area contributed by atoms with Gasteiger partial charge in [-0.15, -0.1) is 0 Å². The Hall–Kier alpha value is -3.18. The molecule has 0 aliphatic carbocycles. The van der Waals surface area contributed by atoms with Crippen molar-refractivity contribution in [3.05, 3.63) is 82.3 Å². The van der Waals surface area contributed by atoms with Crippen LogP contribution in [0.1, 0.15) is 47.1 Å². The van der Waals surface area contributed by atoms with Crippen molar-refractivity contribution in [3.63, 3.8) is 0 Å². The largest absolute Gasteiger partial charge is 0.340 e. The summed E-state index contributed by atoms with van der Waals surface area (Å²) in [4.78, 5) is 28.8. The van der Waals surface area contributed by atoms with Crippen LogP contribution >= 0.6 is 11.6 Å². The van der Waals surface area contributed by atoms with Crippen molar-refractivity contribution >= 4 is 28.5 Å². The summed E-state index contributed by atoms with van der Waals surface area (Å²) in [5.41, 5.74) is 5.58. The molecule has 1 amide bonds. The first-order chi connectivity index (χ1) is 15.4. The van der Waals surface area contributed by atoms with Crippen molar-refractivity contribution in [2.45, 2.75) is 39.2 Å². The summed E-state index contributed by atoms with van der Waals surface area (Å²) < 4.78 is 0. The molecule has 0 saturated carbocycles. The SMILES string of the molecule is Cc1ccc(-c2ccccn2)c(C(=O)N2CCCC2(C)c2nc3c(C)c(Cl)ccc3[nH]2)c1. The summed E-state index contributed by atoms with van der Waals surface area (Å²) in [5.74, 6) is 0.806. The van der Waals surface area contributed by atoms with Crippen LogP contribution in [0.2, 0.25) is 5.02 Å². The van der Waals surface area contributed by atoms with E-state index in [0.717, 1.165) is 52.1 Å². The number of aromatic amines is 1. The van der Waals surface area contributed by atoms with Gasteiger partial charge < -0.3 is 9.88 Å². The molecule has 1 aliphatic heterocycles. The number of likely N-dealkylation sites (tertiary alicyclic amines) is 1. The molecule has 0 radical (unpaired) electrons. The lowest BCUT2D eigenvalue weighted by Crippen LogP contribution is -2.43. The monoisotopic (exact) mass is 444 g/mol. The quantitative estimate of drug-likeness (QED) is 0.418. The smallest absolute Gasteiger partial charge is 0.255 e. The molecule has 1 aliphatic rings. The Labute approximate surface area is 192 Å². The Morgan fingerprint density at radius 2 is 2.00 bits per heavy atom. The second-order valence-corrected chi connectivity index (χ2v) is 9.16. The van der Waals surface area contributed by atoms with Gasteiger partial charge in [-0.3, -0.25) is 9.78 Å². The zero-order valence-electron chi connectivity index (χ0n) is 18.4. The molecule has 0 spiro atoms. The molecule has 2 aromatic carbocycles. The molecule has 6 heteroatoms. The first-order valence-electron chi connectivity index (χ1n) is 10.9. The number of carbonyl (C=O) groups is 1. The highest BCUT2D eigenvalue weighted by molar-refractivity contribution is 6.32. The van der Waals surface area contributed by atoms with Crippen molar-refractivity contribution in [1.82, 2.24) is 19.9 Å². The highest BCUT2D eigenvalue weighted by Crippen LogP contribution is 2.40. The van der Waals surface area contributed by atoms with Gasteiger partial charge in [-0.25, -0.2) is 4.98 Å². The number of aryl methyl sites for hydroxylation is 2. The second kappa shape index (κ2) is 7.75. The number of rotatable bonds is 3. The topological polar surface area (TPSA) is 61.9 Å². The molecule has 1 N–H and O–H groups in total. The van der Waals surface area contributed by atoms with E-state index in [1.807, 2.05) is 67.3 Å². The number of benzene rings is 2. The number of pyridine rings is 1. The molecule has 162 valence electrons. The van der Waals surface area contributed by atoms with E-state index in [4.69, 9.17) is 16.6 Å². The Kier molecular flexibility index (Phi) is 5.01. The average molecular weight is 445 g/mol. The number of imidazole rings is 1. The van der Waals surface area contributed by atoms with Gasteiger partial charge in [-0.2, -0.15) is 0 Å². The number of carbonyl (C=O) groups excluding carboxylic acids is 1. The second-order valence-electron chi connectivity index (χ2n) is 8.75. The predicted octanol–water partition coefficient (Wildman–Crippen LogP) is 6.05. The number of fused-ring (bicyclic) bond motifs is 1. The van der Waals surface area contributed by atoms with E-state index in [1.165, 1.54) is 0 Å². The van der Waals surface area contributed by atoms with Crippen LogP contribution in [0, 0.1) is 13.8 Å². The fourth-order valence-corrected chi connectivity index (χ4v) is 4.86. The summed E-state index contributed by atoms with van der Waals surface area (Å²) in [7, 11) is 0. The predicted molar refractivity (Wildman–Crippen MR) is 128 cm³/mol. The van der Waals surface area contributed by atoms with E-state index < -0.39 is 5.54 Å². The molecule has 1 unspecified atom stereocenters. The van der Waals surface area contributed by atoms with Crippen LogP contribution in [-0.4, -0.2) is 32.3 Å². The highest BCUT2D eigenvalue weighted by atomic mass is 35.5. The number of halogens is 1. The molecule has 4 aromatic rings. The maximum atomic E-state index is 14.0. The van der Waals surface area contributed by atoms with E-state index in [2.05, 4.69) is 16.9 Å². The van der Waals surface area contributed by atoms with Crippen LogP contribution in [0.15, 0.2) is 54.7 Å². The van der Waals surface area contributed by atoms with Gasteiger partial charge in [0.25, 0.3) is 5.91 Å². The molecule has 1 fully saturated rings. The van der Waals surface area contributed by atoms with Crippen LogP contribution in [0.3, 0.4) is 0 Å². The number of amides is 1. The summed E-state index contributed by atoms with van der Waals surface area (Å²) >= 11 is 6.32. The van der Waals surface area contributed by atoms with Gasteiger partial charge in [0.05, 0.1) is 22.3 Å². The Balaban J connectivity index is 1.59. The van der Waals surface area contributed by atoms with Crippen molar-refractivity contribution in [2.24, 2.45) is 0 Å². The van der Waals surface area contributed by atoms with Crippen LogP contribution in [0.4, 0.5) is 0 Å². The van der Waals surface area contributed by atoms with E-state index in [9.17, 15) is 4.79 Å². The van der Waals surface area contributed by atoms with Gasteiger partial charge in [0.1, 0.15) is 5.82 Å². The number of nitrogens with one attached hydrogen (secondary N) is 1. The summed E-state index contributed by atoms with van der Waals surface area (Å²) in [6.45, 7) is 6.76. The number of hydrogen-bond donors (Lipinski definition) is 1. The summed E-state index contributed by atoms with van der Waals surface area (Å²) in [6, 6.07) is 15.6. The van der Waals surface area contributed by atoms with Crippen LogP contribution in [-0.2, 0) is 5.54 Å². The fourth-order valence-electron chi connectivity index (χ4n) is 4.70. The van der Waals surface area contributed by atoms with Gasteiger partial charge in [0.2, 0.25) is 0 Å². The molecule has 0 bridgehead atoms. The molecule has 5 nitrogen and oxygen atoms in total. The van der Waals surface area contributed by atoms with Crippen molar-refractivity contribution in [2.75, 3.05) is 6.54 Å². The third kappa shape index (κ3) is 3.28. The van der Waals surface area contributed by atoms with Gasteiger partial charge >= 0.3 is 0 Å². The molecule has 3 heterocycles. The number of aromatic nitrogens is 3. The number of nitrogens with zero attached hydrogens (tertiary/aromatic N) is 3. The lowest BCUT2D eigenvalue weighted by Gasteiger charge is -2.34. The fraction of sp³-hybridized carbons (Fsp3) is 0.269. The normalized spacial score (nSPS) is 18.4. The van der Waals surface area contributed by atoms with Gasteiger partial charge in [-0.05, 0) is 69.5 Å². The standard InChI is InChI=1S/C26H25ClN4O/c1-16-8-9-18(21-7-4-5-13-28-21)19(15-16)24(32)31-14-6-12-26(31,3)25-29-22-11-10-20(27)17(2)23(22)30-25/h4-5,7-11,13,15H,6,12,14H2,1-3H3,(H,29,30). The highest BCUT2D eigenvalue weighted by Gasteiger charge is 2.44. The zero-order valence-corrected chi connectivity index (χ0v) is 19.2. The Morgan fingerprint density at radius 3 is 2.78 bits per heavy atom. The molecule has 2 aromatic heterocycles. The minimum Gasteiger partial charge on any atom is -0.340 e. The van der Waals surface area contributed by atoms with E-state index in [1.54, 1.807) is 6.20 Å². The molecule has 1 atom stereocenters. The minimum absolute atomic E-state index is 0.00423. The Morgan fingerprint density at radius 1 is 1.16 bits per heavy atom. The summed E-state index contributed by atoms with van der Waals surface area (Å²) in [6.07, 6.45) is 3.52. The lowest BCUT2D eigenvalue weighted by molar-refractivity contribution is 0.0606. The van der Waals surface area contributed by atoms with Crippen LogP contribution in [0.25, 0.3) is 22.3 Å². The number of hydrogen-bond acceptors (Lipinski definition) is 3. The zero-order chi connectivity index (χ0) is 22.5. The summed E-state index contributed by atoms with van der Waals surface area (Å²) in [5, 5.41) is 0.694. The van der Waals surface area contributed by atoms with Crippen molar-refractivity contribution in [3.8, 4) is 11.3 Å². The Bertz CT molecular complexity index is 1330. The molecule has 5 rings (SSSR count). The van der Waals surface area contributed by atoms with Crippen molar-refractivity contribution < 1.29 is 4.79 Å². The van der Waals surface area contributed by atoms with E-state index >= 15 is 0 Å². The first-order valence-corrected chi connectivity index (χ1v) is 11.3. The molecule has 32 heavy (non-hydrogen) atoms. The van der Waals surface area contributed by atoms with Crippen LogP contribution in [0.5, 0.6) is 0 Å². The third-order valence-electron chi connectivity index (χ3n) is 6.58. The maximum absolute atomic E-state index is 14.0. The van der Waals surface area contributed by atoms with Crippen molar-refractivity contribution in [1.29, 1.82) is 0 Å². The van der Waals surface area contributed by atoms with Crippen LogP contribution < -0.4 is 0 Å². The third-order valence-corrected chi connectivity index (χ3v) is 6.99. The average Bonchev–Trinajstić information content (AvgIpc) is 3.42. The minimum atomic E-state index is -0.528. The number of H-pyrrole nitrogens is 1. The van der Waals surface area contributed by atoms with Gasteiger partial charge in [0, 0.05) is 28.9 Å². The molecule has 1 saturated heterocycles. The van der Waals surface area contributed by atoms with E-state index in [-0.39, 0.29) is 5.91 Å². The van der Waals surface area contributed by atoms with Gasteiger partial charge in [-0.1, -0.05) is 35.4 Å². The lowest BCUT2D eigenvalue weighted by atomic mass is 9.95. The first kappa shape index (κ1) is 20.7. The molecular formula is C26H25ClN4O. The maximum Gasteiger partial charge on any atom is 0.255 e. The van der Waals surface area contributed by atoms with Gasteiger partial charge in [0.15, 0.2) is 0 Å².